The lowest BCUT2D eigenvalue weighted by atomic mass is 9.68. The van der Waals surface area contributed by atoms with Crippen LogP contribution < -0.4 is 10.1 Å². The number of hydrogen-bond donors (Lipinski definition) is 1. The second-order valence-corrected chi connectivity index (χ2v) is 8.18. The first-order valence-corrected chi connectivity index (χ1v) is 9.52. The minimum atomic E-state index is -4.99. The van der Waals surface area contributed by atoms with Crippen molar-refractivity contribution in [3.05, 3.63) is 64.2 Å². The largest absolute Gasteiger partial charge is 0.492 e. The molecule has 2 aromatic carbocycles. The van der Waals surface area contributed by atoms with Gasteiger partial charge in [0.25, 0.3) is 0 Å². The predicted octanol–water partition coefficient (Wildman–Crippen LogP) is 5.74. The molecule has 3 unspecified atom stereocenters. The van der Waals surface area contributed by atoms with Crippen LogP contribution in [0, 0.1) is 0 Å². The number of benzene rings is 2. The molecule has 0 amide bonds. The smallest absolute Gasteiger partial charge is 0.426 e. The molecular weight excluding hydrogens is 429 g/mol. The first-order valence-electron chi connectivity index (χ1n) is 9.15. The van der Waals surface area contributed by atoms with E-state index in [-0.39, 0.29) is 23.9 Å². The molecule has 2 aromatic rings. The van der Waals surface area contributed by atoms with Gasteiger partial charge in [-0.25, -0.2) is 4.39 Å². The van der Waals surface area contributed by atoms with Crippen LogP contribution in [0.4, 0.5) is 17.6 Å². The van der Waals surface area contributed by atoms with Gasteiger partial charge in [-0.15, -0.1) is 12.4 Å². The van der Waals surface area contributed by atoms with Crippen LogP contribution >= 0.6 is 24.0 Å². The van der Waals surface area contributed by atoms with Crippen molar-refractivity contribution in [2.45, 2.75) is 43.1 Å². The molecule has 0 bridgehead atoms. The Morgan fingerprint density at radius 2 is 1.83 bits per heavy atom. The van der Waals surface area contributed by atoms with Crippen LogP contribution in [0.5, 0.6) is 5.75 Å². The van der Waals surface area contributed by atoms with E-state index in [0.717, 1.165) is 24.1 Å². The second-order valence-electron chi connectivity index (χ2n) is 7.74. The lowest BCUT2D eigenvalue weighted by molar-refractivity contribution is -0.228. The summed E-state index contributed by atoms with van der Waals surface area (Å²) >= 11 is 5.98. The summed E-state index contributed by atoms with van der Waals surface area (Å²) in [6.45, 7) is 1.66. The van der Waals surface area contributed by atoms with E-state index in [4.69, 9.17) is 16.3 Å². The van der Waals surface area contributed by atoms with Gasteiger partial charge in [-0.2, -0.15) is 13.2 Å². The standard InChI is InChI=1S/C21H20ClF4NO.ClH/c1-19(23,21(24,25)26)14-4-7-16-17(10-14)28-12-18-20(16,8-9-27-18)11-13-2-5-15(22)6-3-13;/h2-7,10,18,27H,8-9,11-12H2,1H3;1H. The van der Waals surface area contributed by atoms with Crippen molar-refractivity contribution >= 4 is 24.0 Å². The van der Waals surface area contributed by atoms with Gasteiger partial charge in [-0.3, -0.25) is 0 Å². The highest BCUT2D eigenvalue weighted by Gasteiger charge is 2.54. The third-order valence-corrected chi connectivity index (χ3v) is 6.31. The van der Waals surface area contributed by atoms with Crippen LogP contribution in [0.3, 0.4) is 0 Å². The van der Waals surface area contributed by atoms with Crippen molar-refractivity contribution in [3.8, 4) is 5.75 Å². The first-order chi connectivity index (χ1) is 13.1. The SMILES string of the molecule is CC(F)(c1ccc2c(c1)OCC1NCCC21Cc1ccc(Cl)cc1)C(F)(F)F.Cl. The van der Waals surface area contributed by atoms with E-state index in [9.17, 15) is 17.6 Å². The zero-order valence-electron chi connectivity index (χ0n) is 15.7. The number of alkyl halides is 4. The topological polar surface area (TPSA) is 21.3 Å². The number of halogens is 6. The third kappa shape index (κ3) is 3.71. The van der Waals surface area contributed by atoms with Crippen LogP contribution in [0.1, 0.15) is 30.0 Å². The highest BCUT2D eigenvalue weighted by molar-refractivity contribution is 6.30. The van der Waals surface area contributed by atoms with Gasteiger partial charge < -0.3 is 10.1 Å². The monoisotopic (exact) mass is 449 g/mol. The van der Waals surface area contributed by atoms with E-state index in [1.54, 1.807) is 6.07 Å². The summed E-state index contributed by atoms with van der Waals surface area (Å²) in [5.41, 5.74) is -2.28. The second kappa shape index (κ2) is 7.64. The molecule has 0 aliphatic carbocycles. The molecule has 8 heteroatoms. The average Bonchev–Trinajstić information content (AvgIpc) is 3.06. The van der Waals surface area contributed by atoms with Crippen LogP contribution in [-0.2, 0) is 17.5 Å². The molecule has 158 valence electrons. The van der Waals surface area contributed by atoms with Gasteiger partial charge in [0.15, 0.2) is 0 Å². The first kappa shape index (κ1) is 22.2. The van der Waals surface area contributed by atoms with E-state index < -0.39 is 17.4 Å². The predicted molar refractivity (Wildman–Crippen MR) is 107 cm³/mol. The van der Waals surface area contributed by atoms with Gasteiger partial charge in [0.05, 0.1) is 6.04 Å². The zero-order chi connectivity index (χ0) is 20.2. The number of nitrogens with one attached hydrogen (secondary N) is 1. The van der Waals surface area contributed by atoms with E-state index in [1.807, 2.05) is 24.3 Å². The molecule has 1 fully saturated rings. The molecule has 1 N–H and O–H groups in total. The van der Waals surface area contributed by atoms with Gasteiger partial charge in [0.1, 0.15) is 12.4 Å². The minimum Gasteiger partial charge on any atom is -0.492 e. The van der Waals surface area contributed by atoms with Gasteiger partial charge in [-0.1, -0.05) is 35.9 Å². The average molecular weight is 450 g/mol. The Labute approximate surface area is 178 Å². The van der Waals surface area contributed by atoms with E-state index in [1.165, 1.54) is 12.1 Å². The third-order valence-electron chi connectivity index (χ3n) is 6.06. The molecule has 2 heterocycles. The van der Waals surface area contributed by atoms with Crippen LogP contribution in [-0.4, -0.2) is 25.4 Å². The van der Waals surface area contributed by atoms with E-state index >= 15 is 0 Å². The maximum atomic E-state index is 14.4. The highest BCUT2D eigenvalue weighted by Crippen LogP contribution is 2.49. The molecule has 0 saturated carbocycles. The highest BCUT2D eigenvalue weighted by atomic mass is 35.5. The molecular formula is C21H21Cl2F4NO. The van der Waals surface area contributed by atoms with E-state index in [2.05, 4.69) is 5.32 Å². The maximum absolute atomic E-state index is 14.4. The summed E-state index contributed by atoms with van der Waals surface area (Å²) in [7, 11) is 0. The summed E-state index contributed by atoms with van der Waals surface area (Å²) in [6, 6.07) is 11.7. The Morgan fingerprint density at radius 3 is 2.48 bits per heavy atom. The van der Waals surface area contributed by atoms with Crippen molar-refractivity contribution in [2.75, 3.05) is 13.2 Å². The Hall–Kier alpha value is -1.50. The van der Waals surface area contributed by atoms with Crippen molar-refractivity contribution in [2.24, 2.45) is 0 Å². The number of fused-ring (bicyclic) bond motifs is 3. The van der Waals surface area contributed by atoms with Gasteiger partial charge in [0.2, 0.25) is 5.67 Å². The van der Waals surface area contributed by atoms with Crippen molar-refractivity contribution in [1.29, 1.82) is 0 Å². The number of rotatable bonds is 3. The Kier molecular flexibility index (Phi) is 5.84. The van der Waals surface area contributed by atoms with Crippen LogP contribution in [0.15, 0.2) is 42.5 Å². The normalized spacial score (nSPS) is 25.2. The molecule has 2 nitrogen and oxygen atoms in total. The van der Waals surface area contributed by atoms with Crippen molar-refractivity contribution < 1.29 is 22.3 Å². The molecule has 29 heavy (non-hydrogen) atoms. The van der Waals surface area contributed by atoms with E-state index in [0.29, 0.717) is 30.7 Å². The Morgan fingerprint density at radius 1 is 1.14 bits per heavy atom. The molecule has 2 aliphatic heterocycles. The molecule has 4 rings (SSSR count). The molecule has 0 radical (unpaired) electrons. The fourth-order valence-corrected chi connectivity index (χ4v) is 4.46. The summed E-state index contributed by atoms with van der Waals surface area (Å²) in [5, 5.41) is 4.08. The van der Waals surface area contributed by atoms with Crippen molar-refractivity contribution in [3.63, 3.8) is 0 Å². The minimum absolute atomic E-state index is 0. The maximum Gasteiger partial charge on any atom is 0.426 e. The number of hydrogen-bond acceptors (Lipinski definition) is 2. The molecule has 1 saturated heterocycles. The Balaban J connectivity index is 0.00000240. The Bertz CT molecular complexity index is 885. The lowest BCUT2D eigenvalue weighted by Crippen LogP contribution is -2.49. The van der Waals surface area contributed by atoms with Crippen LogP contribution in [0.2, 0.25) is 5.02 Å². The lowest BCUT2D eigenvalue weighted by Gasteiger charge is -2.41. The zero-order valence-corrected chi connectivity index (χ0v) is 17.2. The van der Waals surface area contributed by atoms with Crippen LogP contribution in [0.25, 0.3) is 0 Å². The summed E-state index contributed by atoms with van der Waals surface area (Å²) in [5.74, 6) is 0.333. The van der Waals surface area contributed by atoms with Gasteiger partial charge in [-0.05, 0) is 50.1 Å². The summed E-state index contributed by atoms with van der Waals surface area (Å²) in [4.78, 5) is 0. The molecule has 0 aromatic heterocycles. The molecule has 2 aliphatic rings. The van der Waals surface area contributed by atoms with Gasteiger partial charge >= 0.3 is 6.18 Å². The number of ether oxygens (including phenoxy) is 1. The fraction of sp³-hybridized carbons (Fsp3) is 0.429. The summed E-state index contributed by atoms with van der Waals surface area (Å²) in [6.07, 6.45) is -3.47. The fourth-order valence-electron chi connectivity index (χ4n) is 4.34. The summed E-state index contributed by atoms with van der Waals surface area (Å²) < 4.78 is 59.6. The van der Waals surface area contributed by atoms with Crippen molar-refractivity contribution in [1.82, 2.24) is 5.32 Å². The molecule has 0 spiro atoms. The quantitative estimate of drug-likeness (QED) is 0.602. The van der Waals surface area contributed by atoms with Gasteiger partial charge in [0, 0.05) is 21.6 Å². The molecule has 3 atom stereocenters.